The molecule has 6 heteroatoms. The molecule has 0 fully saturated rings. The number of thiazole rings is 1. The molecular formula is C29H25N3O2S. The Morgan fingerprint density at radius 1 is 0.886 bits per heavy atom. The van der Waals surface area contributed by atoms with E-state index in [4.69, 9.17) is 9.72 Å². The van der Waals surface area contributed by atoms with Crippen molar-refractivity contribution < 1.29 is 9.53 Å². The van der Waals surface area contributed by atoms with Crippen molar-refractivity contribution in [1.82, 2.24) is 9.97 Å². The highest BCUT2D eigenvalue weighted by molar-refractivity contribution is 7.22. The van der Waals surface area contributed by atoms with Crippen molar-refractivity contribution in [2.75, 3.05) is 4.90 Å². The van der Waals surface area contributed by atoms with Gasteiger partial charge in [0.05, 0.1) is 22.5 Å². The zero-order valence-electron chi connectivity index (χ0n) is 19.6. The third-order valence-corrected chi connectivity index (χ3v) is 6.71. The maximum Gasteiger partial charge on any atom is 0.260 e. The van der Waals surface area contributed by atoms with E-state index in [1.165, 1.54) is 16.9 Å². The predicted octanol–water partition coefficient (Wildman–Crippen LogP) is 7.45. The van der Waals surface area contributed by atoms with Gasteiger partial charge < -0.3 is 4.74 Å². The van der Waals surface area contributed by atoms with Gasteiger partial charge in [-0.05, 0) is 66.1 Å². The van der Waals surface area contributed by atoms with Crippen LogP contribution >= 0.6 is 11.3 Å². The largest absolute Gasteiger partial charge is 0.457 e. The van der Waals surface area contributed by atoms with Gasteiger partial charge in [0.15, 0.2) is 5.13 Å². The van der Waals surface area contributed by atoms with Gasteiger partial charge in [-0.2, -0.15) is 0 Å². The van der Waals surface area contributed by atoms with Crippen LogP contribution in [0.15, 0.2) is 97.2 Å². The van der Waals surface area contributed by atoms with Crippen molar-refractivity contribution in [3.63, 3.8) is 0 Å². The van der Waals surface area contributed by atoms with E-state index >= 15 is 0 Å². The van der Waals surface area contributed by atoms with Crippen LogP contribution in [0.25, 0.3) is 10.2 Å². The minimum atomic E-state index is -0.132. The highest BCUT2D eigenvalue weighted by atomic mass is 32.1. The third kappa shape index (κ3) is 5.08. The van der Waals surface area contributed by atoms with Crippen LogP contribution in [-0.2, 0) is 6.54 Å². The van der Waals surface area contributed by atoms with E-state index in [0.29, 0.717) is 28.9 Å². The molecule has 2 heterocycles. The number of para-hydroxylation sites is 2. The molecule has 0 unspecified atom stereocenters. The van der Waals surface area contributed by atoms with Gasteiger partial charge in [0.1, 0.15) is 11.5 Å². The fourth-order valence-corrected chi connectivity index (χ4v) is 4.86. The second kappa shape index (κ2) is 10.1. The summed E-state index contributed by atoms with van der Waals surface area (Å²) in [6.45, 7) is 4.64. The Balaban J connectivity index is 1.48. The Morgan fingerprint density at radius 2 is 1.63 bits per heavy atom. The molecule has 0 saturated heterocycles. The summed E-state index contributed by atoms with van der Waals surface area (Å²) >= 11 is 1.53. The molecule has 3 aromatic carbocycles. The number of amides is 1. The Kier molecular flexibility index (Phi) is 6.55. The number of aromatic nitrogens is 2. The molecule has 35 heavy (non-hydrogen) atoms. The highest BCUT2D eigenvalue weighted by Gasteiger charge is 2.23. The van der Waals surface area contributed by atoms with Crippen molar-refractivity contribution in [3.05, 3.63) is 114 Å². The number of pyridine rings is 1. The number of benzene rings is 3. The summed E-state index contributed by atoms with van der Waals surface area (Å²) in [5.41, 5.74) is 3.49. The van der Waals surface area contributed by atoms with Crippen molar-refractivity contribution in [2.24, 2.45) is 0 Å². The summed E-state index contributed by atoms with van der Waals surface area (Å²) in [4.78, 5) is 24.8. The molecule has 174 valence electrons. The number of nitrogens with zero attached hydrogens (tertiary/aromatic N) is 3. The van der Waals surface area contributed by atoms with Gasteiger partial charge in [-0.15, -0.1) is 0 Å². The molecule has 1 amide bonds. The molecule has 0 radical (unpaired) electrons. The van der Waals surface area contributed by atoms with Crippen LogP contribution in [0, 0.1) is 0 Å². The number of hydrogen-bond acceptors (Lipinski definition) is 5. The van der Waals surface area contributed by atoms with E-state index in [1.807, 2.05) is 60.7 Å². The summed E-state index contributed by atoms with van der Waals surface area (Å²) in [6.07, 6.45) is 1.74. The molecule has 2 aromatic heterocycles. The number of rotatable bonds is 7. The molecule has 5 aromatic rings. The Hall–Kier alpha value is -4.03. The topological polar surface area (TPSA) is 55.3 Å². The normalized spacial score (nSPS) is 11.1. The number of ether oxygens (including phenoxy) is 1. The van der Waals surface area contributed by atoms with Gasteiger partial charge in [-0.1, -0.05) is 61.6 Å². The molecule has 0 bridgehead atoms. The van der Waals surface area contributed by atoms with Crippen molar-refractivity contribution >= 4 is 32.6 Å². The summed E-state index contributed by atoms with van der Waals surface area (Å²) < 4.78 is 6.95. The number of carbonyl (C=O) groups excluding carboxylic acids is 1. The fourth-order valence-electron chi connectivity index (χ4n) is 3.87. The lowest BCUT2D eigenvalue weighted by Gasteiger charge is -2.20. The zero-order chi connectivity index (χ0) is 24.2. The summed E-state index contributed by atoms with van der Waals surface area (Å²) in [5, 5.41) is 0.661. The van der Waals surface area contributed by atoms with Crippen LogP contribution in [0.3, 0.4) is 0 Å². The molecule has 0 aliphatic carbocycles. The predicted molar refractivity (Wildman–Crippen MR) is 141 cm³/mol. The molecule has 0 spiro atoms. The van der Waals surface area contributed by atoms with Crippen LogP contribution in [-0.4, -0.2) is 15.9 Å². The third-order valence-electron chi connectivity index (χ3n) is 5.66. The smallest absolute Gasteiger partial charge is 0.260 e. The Bertz CT molecular complexity index is 1430. The van der Waals surface area contributed by atoms with Gasteiger partial charge in [-0.25, -0.2) is 4.98 Å². The average molecular weight is 480 g/mol. The second-order valence-electron chi connectivity index (χ2n) is 8.50. The van der Waals surface area contributed by atoms with E-state index in [9.17, 15) is 4.79 Å². The fraction of sp³-hybridized carbons (Fsp3) is 0.138. The Labute approximate surface area is 208 Å². The second-order valence-corrected chi connectivity index (χ2v) is 9.51. The first kappa shape index (κ1) is 22.7. The quantitative estimate of drug-likeness (QED) is 0.243. The van der Waals surface area contributed by atoms with E-state index in [0.717, 1.165) is 21.7 Å². The lowest BCUT2D eigenvalue weighted by atomic mass is 10.0. The standard InChI is InChI=1S/C29H25N3O2S/c1-20(2)25-12-8-13-26-27(25)31-29(35-26)32(19-22-9-6-7-18-30-22)28(33)21-14-16-24(17-15-21)34-23-10-4-3-5-11-23/h3-18,20H,19H2,1-2H3. The molecule has 5 nitrogen and oxygen atoms in total. The Morgan fingerprint density at radius 3 is 2.34 bits per heavy atom. The van der Waals surface area contributed by atoms with Crippen molar-refractivity contribution in [3.8, 4) is 11.5 Å². The molecule has 0 aliphatic heterocycles. The van der Waals surface area contributed by atoms with Crippen LogP contribution in [0.4, 0.5) is 5.13 Å². The maximum atomic E-state index is 13.7. The maximum absolute atomic E-state index is 13.7. The summed E-state index contributed by atoms with van der Waals surface area (Å²) in [7, 11) is 0. The van der Waals surface area contributed by atoms with Crippen LogP contribution in [0.5, 0.6) is 11.5 Å². The van der Waals surface area contributed by atoms with Gasteiger partial charge in [0.25, 0.3) is 5.91 Å². The lowest BCUT2D eigenvalue weighted by Crippen LogP contribution is -2.30. The summed E-state index contributed by atoms with van der Waals surface area (Å²) in [6, 6.07) is 28.7. The first-order valence-electron chi connectivity index (χ1n) is 11.5. The monoisotopic (exact) mass is 479 g/mol. The van der Waals surface area contributed by atoms with Crippen LogP contribution < -0.4 is 9.64 Å². The highest BCUT2D eigenvalue weighted by Crippen LogP contribution is 2.35. The van der Waals surface area contributed by atoms with Gasteiger partial charge in [-0.3, -0.25) is 14.7 Å². The van der Waals surface area contributed by atoms with E-state index < -0.39 is 0 Å². The molecular weight excluding hydrogens is 454 g/mol. The van der Waals surface area contributed by atoms with E-state index in [-0.39, 0.29) is 5.91 Å². The number of hydrogen-bond donors (Lipinski definition) is 0. The minimum absolute atomic E-state index is 0.132. The van der Waals surface area contributed by atoms with Gasteiger partial charge in [0.2, 0.25) is 0 Å². The van der Waals surface area contributed by atoms with E-state index in [2.05, 4.69) is 37.0 Å². The molecule has 5 rings (SSSR count). The van der Waals surface area contributed by atoms with Crippen molar-refractivity contribution in [1.29, 1.82) is 0 Å². The van der Waals surface area contributed by atoms with Crippen molar-refractivity contribution in [2.45, 2.75) is 26.3 Å². The first-order chi connectivity index (χ1) is 17.1. The van der Waals surface area contributed by atoms with E-state index in [1.54, 1.807) is 23.2 Å². The minimum Gasteiger partial charge on any atom is -0.457 e. The van der Waals surface area contributed by atoms with Crippen LogP contribution in [0.1, 0.15) is 41.4 Å². The summed E-state index contributed by atoms with van der Waals surface area (Å²) in [5.74, 6) is 1.63. The van der Waals surface area contributed by atoms with Gasteiger partial charge >= 0.3 is 0 Å². The van der Waals surface area contributed by atoms with Crippen LogP contribution in [0.2, 0.25) is 0 Å². The average Bonchev–Trinajstić information content (AvgIpc) is 3.32. The molecule has 0 atom stereocenters. The number of anilines is 1. The molecule has 0 saturated carbocycles. The molecule has 0 aliphatic rings. The lowest BCUT2D eigenvalue weighted by molar-refractivity contribution is 0.0985. The zero-order valence-corrected chi connectivity index (χ0v) is 20.4. The SMILES string of the molecule is CC(C)c1cccc2sc(N(Cc3ccccn3)C(=O)c3ccc(Oc4ccccc4)cc3)nc12. The molecule has 0 N–H and O–H groups in total. The number of carbonyl (C=O) groups is 1. The first-order valence-corrected chi connectivity index (χ1v) is 12.3. The van der Waals surface area contributed by atoms with Gasteiger partial charge in [0, 0.05) is 11.8 Å². The number of fused-ring (bicyclic) bond motifs is 1.